The van der Waals surface area contributed by atoms with E-state index in [9.17, 15) is 4.79 Å². The Bertz CT molecular complexity index is 587. The summed E-state index contributed by atoms with van der Waals surface area (Å²) in [6.07, 6.45) is 3.92. The van der Waals surface area contributed by atoms with Gasteiger partial charge in [0.15, 0.2) is 6.04 Å². The summed E-state index contributed by atoms with van der Waals surface area (Å²) in [5.74, 6) is 0.168. The van der Waals surface area contributed by atoms with Gasteiger partial charge >= 0.3 is 0 Å². The van der Waals surface area contributed by atoms with Crippen molar-refractivity contribution in [3.63, 3.8) is 0 Å². The van der Waals surface area contributed by atoms with Crippen molar-refractivity contribution in [3.8, 4) is 0 Å². The van der Waals surface area contributed by atoms with Crippen LogP contribution in [-0.4, -0.2) is 73.7 Å². The lowest BCUT2D eigenvalue weighted by molar-refractivity contribution is -0.953. The number of fused-ring (bicyclic) bond motifs is 3. The fraction of sp³-hybridized carbons (Fsp3) is 0.650. The second-order valence-corrected chi connectivity index (χ2v) is 7.99. The van der Waals surface area contributed by atoms with Crippen LogP contribution in [0.1, 0.15) is 26.2 Å². The Morgan fingerprint density at radius 3 is 2.16 bits per heavy atom. The van der Waals surface area contributed by atoms with Crippen LogP contribution in [0.2, 0.25) is 0 Å². The molecule has 25 heavy (non-hydrogen) atoms. The maximum Gasteiger partial charge on any atom is 0.282 e. The van der Waals surface area contributed by atoms with Crippen molar-refractivity contribution >= 4 is 17.3 Å². The van der Waals surface area contributed by atoms with Gasteiger partial charge in [-0.3, -0.25) is 9.69 Å². The highest BCUT2D eigenvalue weighted by Gasteiger charge is 2.45. The van der Waals surface area contributed by atoms with E-state index in [2.05, 4.69) is 46.3 Å². The van der Waals surface area contributed by atoms with E-state index in [-0.39, 0.29) is 11.9 Å². The zero-order chi connectivity index (χ0) is 17.3. The van der Waals surface area contributed by atoms with Gasteiger partial charge in [0.1, 0.15) is 0 Å². The average molecular weight is 343 g/mol. The Morgan fingerprint density at radius 2 is 1.56 bits per heavy atom. The van der Waals surface area contributed by atoms with Crippen LogP contribution in [0.25, 0.3) is 0 Å². The number of carbonyl (C=O) groups is 1. The molecule has 5 nitrogen and oxygen atoms in total. The highest BCUT2D eigenvalue weighted by atomic mass is 16.2. The van der Waals surface area contributed by atoms with Gasteiger partial charge in [-0.2, -0.15) is 0 Å². The molecule has 1 aromatic carbocycles. The summed E-state index contributed by atoms with van der Waals surface area (Å²) >= 11 is 0. The third-order valence-electron chi connectivity index (χ3n) is 6.64. The van der Waals surface area contributed by atoms with Crippen molar-refractivity contribution in [2.75, 3.05) is 62.6 Å². The summed E-state index contributed by atoms with van der Waals surface area (Å²) in [5.41, 5.74) is 2.20. The van der Waals surface area contributed by atoms with E-state index < -0.39 is 0 Å². The Labute approximate surface area is 151 Å². The summed E-state index contributed by atoms with van der Waals surface area (Å²) in [6.45, 7) is 11.2. The first kappa shape index (κ1) is 16.9. The molecule has 136 valence electrons. The van der Waals surface area contributed by atoms with E-state index in [1.807, 2.05) is 0 Å². The van der Waals surface area contributed by atoms with Gasteiger partial charge in [-0.05, 0) is 50.5 Å². The molecule has 2 bridgehead atoms. The molecule has 5 heteroatoms. The Kier molecular flexibility index (Phi) is 4.69. The minimum Gasteiger partial charge on any atom is -0.372 e. The smallest absolute Gasteiger partial charge is 0.282 e. The summed E-state index contributed by atoms with van der Waals surface area (Å²) in [6, 6.07) is 8.45. The number of amides is 1. The SMILES string of the molecule is C[C@@H](C(=O)Nc1ccc(N2CCCCC2)cc1)[N+]12CCN(CC1)CC2. The number of hydrogen-bond donors (Lipinski definition) is 1. The summed E-state index contributed by atoms with van der Waals surface area (Å²) in [7, 11) is 0. The van der Waals surface area contributed by atoms with Crippen LogP contribution in [0.4, 0.5) is 11.4 Å². The molecule has 4 heterocycles. The Balaban J connectivity index is 1.38. The van der Waals surface area contributed by atoms with Crippen molar-refractivity contribution in [1.82, 2.24) is 4.90 Å². The zero-order valence-electron chi connectivity index (χ0n) is 15.4. The van der Waals surface area contributed by atoms with Crippen LogP contribution in [-0.2, 0) is 4.79 Å². The van der Waals surface area contributed by atoms with Crippen molar-refractivity contribution < 1.29 is 9.28 Å². The van der Waals surface area contributed by atoms with E-state index >= 15 is 0 Å². The number of quaternary nitrogens is 1. The fourth-order valence-corrected chi connectivity index (χ4v) is 4.68. The molecule has 0 aromatic heterocycles. The quantitative estimate of drug-likeness (QED) is 0.851. The number of piperazine rings is 3. The molecule has 4 saturated heterocycles. The molecule has 1 amide bonds. The minimum atomic E-state index is 0.0317. The van der Waals surface area contributed by atoms with E-state index in [4.69, 9.17) is 0 Å². The van der Waals surface area contributed by atoms with Gasteiger partial charge < -0.3 is 14.7 Å². The van der Waals surface area contributed by atoms with Crippen LogP contribution < -0.4 is 10.2 Å². The maximum atomic E-state index is 12.8. The van der Waals surface area contributed by atoms with E-state index in [1.54, 1.807) is 0 Å². The predicted molar refractivity (Wildman–Crippen MR) is 102 cm³/mol. The molecule has 1 N–H and O–H groups in total. The van der Waals surface area contributed by atoms with Crippen LogP contribution in [0.5, 0.6) is 0 Å². The van der Waals surface area contributed by atoms with Crippen LogP contribution >= 0.6 is 0 Å². The number of nitrogens with one attached hydrogen (secondary N) is 1. The highest BCUT2D eigenvalue weighted by molar-refractivity contribution is 5.94. The minimum absolute atomic E-state index is 0.0317. The van der Waals surface area contributed by atoms with Gasteiger partial charge in [0.25, 0.3) is 5.91 Å². The molecule has 1 atom stereocenters. The summed E-state index contributed by atoms with van der Waals surface area (Å²) in [4.78, 5) is 17.8. The van der Waals surface area contributed by atoms with Gasteiger partial charge in [-0.1, -0.05) is 0 Å². The number of anilines is 2. The topological polar surface area (TPSA) is 35.6 Å². The molecule has 0 unspecified atom stereocenters. The average Bonchev–Trinajstić information content (AvgIpc) is 2.70. The number of piperidine rings is 1. The number of hydrogen-bond acceptors (Lipinski definition) is 3. The van der Waals surface area contributed by atoms with Gasteiger partial charge in [0, 0.05) is 44.1 Å². The lowest BCUT2D eigenvalue weighted by Crippen LogP contribution is -2.72. The van der Waals surface area contributed by atoms with Crippen LogP contribution in [0, 0.1) is 0 Å². The molecular weight excluding hydrogens is 312 g/mol. The number of benzene rings is 1. The second kappa shape index (κ2) is 6.96. The molecule has 0 aliphatic carbocycles. The first-order valence-corrected chi connectivity index (χ1v) is 9.90. The first-order valence-electron chi connectivity index (χ1n) is 9.90. The fourth-order valence-electron chi connectivity index (χ4n) is 4.68. The molecule has 0 radical (unpaired) electrons. The molecule has 0 spiro atoms. The largest absolute Gasteiger partial charge is 0.372 e. The van der Waals surface area contributed by atoms with E-state index in [1.165, 1.54) is 24.9 Å². The van der Waals surface area contributed by atoms with Gasteiger partial charge in [0.05, 0.1) is 19.6 Å². The highest BCUT2D eigenvalue weighted by Crippen LogP contribution is 2.25. The van der Waals surface area contributed by atoms with Gasteiger partial charge in [0.2, 0.25) is 0 Å². The third kappa shape index (κ3) is 3.40. The molecule has 4 aliphatic rings. The number of rotatable bonds is 4. The zero-order valence-corrected chi connectivity index (χ0v) is 15.4. The summed E-state index contributed by atoms with van der Waals surface area (Å²) in [5, 5.41) is 3.16. The Morgan fingerprint density at radius 1 is 0.960 bits per heavy atom. The van der Waals surface area contributed by atoms with Crippen LogP contribution in [0.3, 0.4) is 0 Å². The van der Waals surface area contributed by atoms with Crippen molar-refractivity contribution in [3.05, 3.63) is 24.3 Å². The molecule has 1 aromatic rings. The van der Waals surface area contributed by atoms with E-state index in [0.717, 1.165) is 62.5 Å². The lowest BCUT2D eigenvalue weighted by atomic mass is 10.1. The molecule has 5 rings (SSSR count). The van der Waals surface area contributed by atoms with Gasteiger partial charge in [-0.25, -0.2) is 0 Å². The number of nitrogens with zero attached hydrogens (tertiary/aromatic N) is 3. The van der Waals surface area contributed by atoms with Crippen molar-refractivity contribution in [2.45, 2.75) is 32.2 Å². The predicted octanol–water partition coefficient (Wildman–Crippen LogP) is 2.15. The molecular formula is C20H31N4O+. The van der Waals surface area contributed by atoms with Gasteiger partial charge in [-0.15, -0.1) is 0 Å². The van der Waals surface area contributed by atoms with Crippen LogP contribution in [0.15, 0.2) is 24.3 Å². The summed E-state index contributed by atoms with van der Waals surface area (Å²) < 4.78 is 0.966. The molecule has 4 aliphatic heterocycles. The van der Waals surface area contributed by atoms with Crippen molar-refractivity contribution in [2.24, 2.45) is 0 Å². The second-order valence-electron chi connectivity index (χ2n) is 7.99. The van der Waals surface area contributed by atoms with E-state index in [0.29, 0.717) is 0 Å². The standard InChI is InChI=1S/C20H30N4O/c1-17(24-14-11-22(12-15-24)13-16-24)20(25)21-18-5-7-19(8-6-18)23-9-3-2-4-10-23/h5-8,17H,2-4,9-16H2,1H3/p+1/t17-/m0/s1. The Hall–Kier alpha value is -1.59. The molecule has 4 fully saturated rings. The number of carbonyl (C=O) groups excluding carboxylic acids is 1. The monoisotopic (exact) mass is 343 g/mol. The normalized spacial score (nSPS) is 30.1. The lowest BCUT2D eigenvalue weighted by Gasteiger charge is -2.52. The molecule has 0 saturated carbocycles. The van der Waals surface area contributed by atoms with Crippen molar-refractivity contribution in [1.29, 1.82) is 0 Å². The third-order valence-corrected chi connectivity index (χ3v) is 6.64. The maximum absolute atomic E-state index is 12.8. The first-order chi connectivity index (χ1) is 12.2.